The summed E-state index contributed by atoms with van der Waals surface area (Å²) in [6, 6.07) is 0. The first kappa shape index (κ1) is 14.5. The van der Waals surface area contributed by atoms with Gasteiger partial charge in [-0.3, -0.25) is 0 Å². The van der Waals surface area contributed by atoms with Crippen LogP contribution in [0.4, 0.5) is 4.39 Å². The maximum atomic E-state index is 13.4. The average Bonchev–Trinajstić information content (AvgIpc) is 2.76. The number of methoxy groups -OCH3 is 1. The summed E-state index contributed by atoms with van der Waals surface area (Å²) in [5.74, 6) is 0.459. The highest BCUT2D eigenvalue weighted by atomic mass is 35.5. The van der Waals surface area contributed by atoms with E-state index >= 15 is 0 Å². The van der Waals surface area contributed by atoms with Crippen molar-refractivity contribution in [3.63, 3.8) is 0 Å². The van der Waals surface area contributed by atoms with E-state index in [1.54, 1.807) is 7.11 Å². The zero-order chi connectivity index (χ0) is 13.1. The van der Waals surface area contributed by atoms with E-state index in [-0.39, 0.29) is 5.38 Å². The lowest BCUT2D eigenvalue weighted by Gasteiger charge is -2.32. The van der Waals surface area contributed by atoms with E-state index in [1.807, 2.05) is 11.8 Å². The molecular weight excluding hydrogens is 273 g/mol. The maximum Gasteiger partial charge on any atom is 0.116 e. The molecule has 2 nitrogen and oxygen atoms in total. The van der Waals surface area contributed by atoms with Gasteiger partial charge in [0.1, 0.15) is 6.17 Å². The van der Waals surface area contributed by atoms with Gasteiger partial charge in [-0.1, -0.05) is 6.92 Å². The molecule has 2 rings (SSSR count). The first-order valence-electron chi connectivity index (χ1n) is 6.58. The molecular formula is C13H21ClFNOS. The SMILES string of the molecule is CCC1=C(COC)NC(C2CCC(F)C(Cl)C2)S1. The van der Waals surface area contributed by atoms with Crippen LogP contribution >= 0.6 is 23.4 Å². The molecule has 4 unspecified atom stereocenters. The summed E-state index contributed by atoms with van der Waals surface area (Å²) in [7, 11) is 1.71. The molecule has 0 bridgehead atoms. The Labute approximate surface area is 118 Å². The zero-order valence-corrected chi connectivity index (χ0v) is 12.5. The normalized spacial score (nSPS) is 36.9. The number of nitrogens with one attached hydrogen (secondary N) is 1. The Morgan fingerprint density at radius 3 is 2.89 bits per heavy atom. The fraction of sp³-hybridized carbons (Fsp3) is 0.846. The predicted molar refractivity (Wildman–Crippen MR) is 75.6 cm³/mol. The molecule has 1 saturated carbocycles. The van der Waals surface area contributed by atoms with Gasteiger partial charge in [0, 0.05) is 17.7 Å². The molecule has 104 valence electrons. The van der Waals surface area contributed by atoms with Gasteiger partial charge in [-0.15, -0.1) is 23.4 Å². The van der Waals surface area contributed by atoms with Crippen molar-refractivity contribution in [1.29, 1.82) is 0 Å². The van der Waals surface area contributed by atoms with E-state index < -0.39 is 6.17 Å². The van der Waals surface area contributed by atoms with Crippen molar-refractivity contribution in [3.8, 4) is 0 Å². The van der Waals surface area contributed by atoms with Crippen LogP contribution in [-0.2, 0) is 4.74 Å². The monoisotopic (exact) mass is 293 g/mol. The summed E-state index contributed by atoms with van der Waals surface area (Å²) in [6.07, 6.45) is 2.48. The molecule has 0 aromatic carbocycles. The maximum absolute atomic E-state index is 13.4. The Balaban J connectivity index is 1.93. The Morgan fingerprint density at radius 2 is 2.28 bits per heavy atom. The van der Waals surface area contributed by atoms with Crippen LogP contribution in [0.15, 0.2) is 10.6 Å². The Kier molecular flexibility index (Phi) is 5.22. The Morgan fingerprint density at radius 1 is 1.50 bits per heavy atom. The van der Waals surface area contributed by atoms with Crippen molar-refractivity contribution >= 4 is 23.4 Å². The molecule has 0 aromatic rings. The number of rotatable bonds is 4. The average molecular weight is 294 g/mol. The second kappa shape index (κ2) is 6.49. The lowest BCUT2D eigenvalue weighted by atomic mass is 9.87. The third-order valence-electron chi connectivity index (χ3n) is 3.69. The molecule has 1 N–H and O–H groups in total. The van der Waals surface area contributed by atoms with Gasteiger partial charge in [0.05, 0.1) is 17.4 Å². The highest BCUT2D eigenvalue weighted by Gasteiger charge is 2.36. The molecule has 0 radical (unpaired) electrons. The van der Waals surface area contributed by atoms with Crippen molar-refractivity contribution < 1.29 is 9.13 Å². The molecule has 5 heteroatoms. The van der Waals surface area contributed by atoms with Crippen molar-refractivity contribution in [1.82, 2.24) is 5.32 Å². The van der Waals surface area contributed by atoms with Crippen LogP contribution in [0.2, 0.25) is 0 Å². The number of halogens is 2. The van der Waals surface area contributed by atoms with Crippen LogP contribution in [0.3, 0.4) is 0 Å². The molecule has 2 aliphatic rings. The molecule has 18 heavy (non-hydrogen) atoms. The summed E-state index contributed by atoms with van der Waals surface area (Å²) >= 11 is 7.93. The van der Waals surface area contributed by atoms with Crippen LogP contribution in [0.5, 0.6) is 0 Å². The van der Waals surface area contributed by atoms with Gasteiger partial charge < -0.3 is 10.1 Å². The number of allylic oxidation sites excluding steroid dienone is 1. The molecule has 0 saturated heterocycles. The lowest BCUT2D eigenvalue weighted by molar-refractivity contribution is 0.198. The minimum Gasteiger partial charge on any atom is -0.378 e. The number of ether oxygens (including phenoxy) is 1. The third kappa shape index (κ3) is 3.14. The van der Waals surface area contributed by atoms with Crippen LogP contribution < -0.4 is 5.32 Å². The first-order valence-corrected chi connectivity index (χ1v) is 7.89. The van der Waals surface area contributed by atoms with Crippen molar-refractivity contribution in [2.24, 2.45) is 5.92 Å². The molecule has 0 spiro atoms. The van der Waals surface area contributed by atoms with Crippen molar-refractivity contribution in [2.75, 3.05) is 13.7 Å². The van der Waals surface area contributed by atoms with E-state index in [4.69, 9.17) is 16.3 Å². The fourth-order valence-corrected chi connectivity index (χ4v) is 4.40. The number of thioether (sulfide) groups is 1. The number of hydrogen-bond acceptors (Lipinski definition) is 3. The van der Waals surface area contributed by atoms with E-state index in [0.29, 0.717) is 24.3 Å². The Bertz CT molecular complexity index is 326. The quantitative estimate of drug-likeness (QED) is 0.799. The van der Waals surface area contributed by atoms with Gasteiger partial charge in [0.25, 0.3) is 0 Å². The van der Waals surface area contributed by atoms with E-state index in [0.717, 1.165) is 19.3 Å². The number of alkyl halides is 2. The lowest BCUT2D eigenvalue weighted by Crippen LogP contribution is -2.37. The molecule has 1 heterocycles. The van der Waals surface area contributed by atoms with Gasteiger partial charge in [0.2, 0.25) is 0 Å². The van der Waals surface area contributed by atoms with Gasteiger partial charge in [-0.25, -0.2) is 4.39 Å². The summed E-state index contributed by atoms with van der Waals surface area (Å²) in [5, 5.41) is 3.56. The number of hydrogen-bond donors (Lipinski definition) is 1. The molecule has 1 aliphatic heterocycles. The largest absolute Gasteiger partial charge is 0.378 e. The second-order valence-electron chi connectivity index (χ2n) is 4.98. The highest BCUT2D eigenvalue weighted by Crippen LogP contribution is 2.42. The van der Waals surface area contributed by atoms with Crippen LogP contribution in [-0.4, -0.2) is 30.6 Å². The summed E-state index contributed by atoms with van der Waals surface area (Å²) in [6.45, 7) is 2.79. The first-order chi connectivity index (χ1) is 8.65. The minimum absolute atomic E-state index is 0.317. The smallest absolute Gasteiger partial charge is 0.116 e. The highest BCUT2D eigenvalue weighted by molar-refractivity contribution is 8.03. The molecule has 0 aromatic heterocycles. The van der Waals surface area contributed by atoms with Gasteiger partial charge >= 0.3 is 0 Å². The topological polar surface area (TPSA) is 21.3 Å². The van der Waals surface area contributed by atoms with Crippen LogP contribution in [0, 0.1) is 5.92 Å². The van der Waals surface area contributed by atoms with Crippen LogP contribution in [0.25, 0.3) is 0 Å². The summed E-state index contributed by atoms with van der Waals surface area (Å²) in [4.78, 5) is 1.37. The second-order valence-corrected chi connectivity index (χ2v) is 6.77. The predicted octanol–water partition coefficient (Wildman–Crippen LogP) is 3.66. The van der Waals surface area contributed by atoms with Gasteiger partial charge in [0.15, 0.2) is 0 Å². The standard InChI is InChI=1S/C13H21ClFNOS/c1-3-12-11(7-17-2)16-13(18-12)8-4-5-10(15)9(14)6-8/h8-10,13,16H,3-7H2,1-2H3. The third-order valence-corrected chi connectivity index (χ3v) is 5.72. The molecule has 4 atom stereocenters. The van der Waals surface area contributed by atoms with E-state index in [1.165, 1.54) is 10.6 Å². The van der Waals surface area contributed by atoms with E-state index in [2.05, 4.69) is 12.2 Å². The summed E-state index contributed by atoms with van der Waals surface area (Å²) < 4.78 is 18.6. The van der Waals surface area contributed by atoms with E-state index in [9.17, 15) is 4.39 Å². The zero-order valence-electron chi connectivity index (χ0n) is 10.9. The fourth-order valence-electron chi connectivity index (χ4n) is 2.67. The Hall–Kier alpha value is 0.0700. The molecule has 1 aliphatic carbocycles. The molecule has 0 amide bonds. The van der Waals surface area contributed by atoms with Crippen molar-refractivity contribution in [3.05, 3.63) is 10.6 Å². The van der Waals surface area contributed by atoms with Gasteiger partial charge in [-0.2, -0.15) is 0 Å². The summed E-state index contributed by atoms with van der Waals surface area (Å²) in [5.41, 5.74) is 1.20. The van der Waals surface area contributed by atoms with Crippen LogP contribution in [0.1, 0.15) is 32.6 Å². The minimum atomic E-state index is -0.827. The molecule has 1 fully saturated rings. The van der Waals surface area contributed by atoms with Gasteiger partial charge in [-0.05, 0) is 31.6 Å². The van der Waals surface area contributed by atoms with Crippen molar-refractivity contribution in [2.45, 2.75) is 49.5 Å².